The minimum absolute atomic E-state index is 0.174. The van der Waals surface area contributed by atoms with Crippen molar-refractivity contribution in [3.63, 3.8) is 0 Å². The molecule has 3 N–H and O–H groups in total. The Hall–Kier alpha value is -0.610. The normalized spacial score (nSPS) is 22.7. The number of rotatable bonds is 6. The fourth-order valence-electron chi connectivity index (χ4n) is 3.38. The number of hydrogen-bond acceptors (Lipinski definition) is 3. The van der Waals surface area contributed by atoms with Crippen molar-refractivity contribution < 1.29 is 4.79 Å². The molecule has 1 saturated carbocycles. The standard InChI is InChI=1S/C14H27N3O/c15-14(18)11-17(13-3-1-2-4-13)10-7-12-5-8-16-9-6-12/h12-13,16H,1-11H2,(H2,15,18). The molecule has 104 valence electrons. The van der Waals surface area contributed by atoms with Crippen molar-refractivity contribution in [2.75, 3.05) is 26.2 Å². The Kier molecular flexibility index (Phi) is 5.45. The van der Waals surface area contributed by atoms with Crippen molar-refractivity contribution in [1.29, 1.82) is 0 Å². The van der Waals surface area contributed by atoms with E-state index in [0.717, 1.165) is 25.6 Å². The van der Waals surface area contributed by atoms with Gasteiger partial charge in [0.25, 0.3) is 0 Å². The Balaban J connectivity index is 1.78. The zero-order chi connectivity index (χ0) is 12.8. The molecule has 0 aromatic carbocycles. The molecule has 18 heavy (non-hydrogen) atoms. The second-order valence-corrected chi connectivity index (χ2v) is 5.86. The van der Waals surface area contributed by atoms with Gasteiger partial charge >= 0.3 is 0 Å². The van der Waals surface area contributed by atoms with Crippen LogP contribution in [0.3, 0.4) is 0 Å². The van der Waals surface area contributed by atoms with Gasteiger partial charge in [0.1, 0.15) is 0 Å². The van der Waals surface area contributed by atoms with E-state index in [0.29, 0.717) is 12.6 Å². The number of piperidine rings is 1. The summed E-state index contributed by atoms with van der Waals surface area (Å²) in [5.74, 6) is 0.662. The molecule has 4 heteroatoms. The summed E-state index contributed by atoms with van der Waals surface area (Å²) in [5.41, 5.74) is 5.38. The maximum absolute atomic E-state index is 11.2. The highest BCUT2D eigenvalue weighted by atomic mass is 16.1. The Morgan fingerprint density at radius 1 is 1.17 bits per heavy atom. The van der Waals surface area contributed by atoms with Crippen LogP contribution in [0.1, 0.15) is 44.9 Å². The first-order valence-electron chi connectivity index (χ1n) is 7.49. The molecule has 1 amide bonds. The summed E-state index contributed by atoms with van der Waals surface area (Å²) in [6.07, 6.45) is 8.93. The third kappa shape index (κ3) is 4.25. The van der Waals surface area contributed by atoms with E-state index in [-0.39, 0.29) is 5.91 Å². The maximum atomic E-state index is 11.2. The van der Waals surface area contributed by atoms with Gasteiger partial charge in [-0.2, -0.15) is 0 Å². The number of nitrogens with one attached hydrogen (secondary N) is 1. The lowest BCUT2D eigenvalue weighted by Gasteiger charge is -2.30. The van der Waals surface area contributed by atoms with E-state index in [1.807, 2.05) is 0 Å². The number of nitrogens with zero attached hydrogens (tertiary/aromatic N) is 1. The van der Waals surface area contributed by atoms with Crippen LogP contribution in [0.15, 0.2) is 0 Å². The molecule has 2 rings (SSSR count). The first kappa shape index (κ1) is 13.8. The largest absolute Gasteiger partial charge is 0.369 e. The van der Waals surface area contributed by atoms with Crippen LogP contribution in [0.2, 0.25) is 0 Å². The monoisotopic (exact) mass is 253 g/mol. The Labute approximate surface area is 110 Å². The van der Waals surface area contributed by atoms with Crippen LogP contribution >= 0.6 is 0 Å². The molecule has 0 aromatic rings. The Morgan fingerprint density at radius 3 is 2.44 bits per heavy atom. The third-order valence-corrected chi connectivity index (χ3v) is 4.48. The second kappa shape index (κ2) is 7.10. The van der Waals surface area contributed by atoms with Crippen LogP contribution in [0.4, 0.5) is 0 Å². The molecule has 0 unspecified atom stereocenters. The Morgan fingerprint density at radius 2 is 1.83 bits per heavy atom. The summed E-state index contributed by atoms with van der Waals surface area (Å²) in [4.78, 5) is 13.5. The minimum Gasteiger partial charge on any atom is -0.369 e. The average Bonchev–Trinajstić information content (AvgIpc) is 2.89. The van der Waals surface area contributed by atoms with Gasteiger partial charge in [0.2, 0.25) is 5.91 Å². The molecule has 0 aromatic heterocycles. The van der Waals surface area contributed by atoms with Gasteiger partial charge < -0.3 is 11.1 Å². The fourth-order valence-corrected chi connectivity index (χ4v) is 3.38. The molecular weight excluding hydrogens is 226 g/mol. The van der Waals surface area contributed by atoms with Crippen LogP contribution in [0.5, 0.6) is 0 Å². The summed E-state index contributed by atoms with van der Waals surface area (Å²) in [7, 11) is 0. The van der Waals surface area contributed by atoms with Crippen molar-refractivity contribution >= 4 is 5.91 Å². The van der Waals surface area contributed by atoms with Crippen LogP contribution in [0, 0.1) is 5.92 Å². The highest BCUT2D eigenvalue weighted by Gasteiger charge is 2.24. The molecule has 1 aliphatic heterocycles. The topological polar surface area (TPSA) is 58.4 Å². The smallest absolute Gasteiger partial charge is 0.231 e. The highest BCUT2D eigenvalue weighted by molar-refractivity contribution is 5.75. The zero-order valence-electron chi connectivity index (χ0n) is 11.4. The van der Waals surface area contributed by atoms with E-state index >= 15 is 0 Å². The molecule has 1 heterocycles. The van der Waals surface area contributed by atoms with E-state index < -0.39 is 0 Å². The van der Waals surface area contributed by atoms with E-state index in [9.17, 15) is 4.79 Å². The first-order chi connectivity index (χ1) is 8.75. The fraction of sp³-hybridized carbons (Fsp3) is 0.929. The third-order valence-electron chi connectivity index (χ3n) is 4.48. The molecule has 1 saturated heterocycles. The summed E-state index contributed by atoms with van der Waals surface area (Å²) < 4.78 is 0. The predicted molar refractivity (Wildman–Crippen MR) is 73.2 cm³/mol. The SMILES string of the molecule is NC(=O)CN(CCC1CCNCC1)C1CCCC1. The van der Waals surface area contributed by atoms with Crippen LogP contribution in [-0.2, 0) is 4.79 Å². The van der Waals surface area contributed by atoms with Gasteiger partial charge in [0, 0.05) is 6.04 Å². The van der Waals surface area contributed by atoms with E-state index in [4.69, 9.17) is 5.73 Å². The van der Waals surface area contributed by atoms with Crippen LogP contribution in [-0.4, -0.2) is 43.0 Å². The lowest BCUT2D eigenvalue weighted by atomic mass is 9.94. The lowest BCUT2D eigenvalue weighted by molar-refractivity contribution is -0.119. The summed E-state index contributed by atoms with van der Waals surface area (Å²) >= 11 is 0. The molecule has 0 atom stereocenters. The van der Waals surface area contributed by atoms with Gasteiger partial charge in [0.05, 0.1) is 6.54 Å². The molecule has 0 bridgehead atoms. The van der Waals surface area contributed by atoms with Gasteiger partial charge in [-0.25, -0.2) is 0 Å². The molecule has 2 aliphatic rings. The molecule has 0 radical (unpaired) electrons. The second-order valence-electron chi connectivity index (χ2n) is 5.86. The number of amides is 1. The van der Waals surface area contributed by atoms with Gasteiger partial charge in [-0.15, -0.1) is 0 Å². The minimum atomic E-state index is -0.174. The predicted octanol–water partition coefficient (Wildman–Crippen LogP) is 1.11. The average molecular weight is 253 g/mol. The van der Waals surface area contributed by atoms with Gasteiger partial charge in [-0.05, 0) is 57.7 Å². The van der Waals surface area contributed by atoms with Crippen molar-refractivity contribution in [3.8, 4) is 0 Å². The number of primary amides is 1. The quantitative estimate of drug-likeness (QED) is 0.745. The maximum Gasteiger partial charge on any atom is 0.231 e. The van der Waals surface area contributed by atoms with E-state index in [1.54, 1.807) is 0 Å². The van der Waals surface area contributed by atoms with Crippen molar-refractivity contribution in [3.05, 3.63) is 0 Å². The van der Waals surface area contributed by atoms with Crippen molar-refractivity contribution in [2.24, 2.45) is 11.7 Å². The molecular formula is C14H27N3O. The van der Waals surface area contributed by atoms with E-state index in [2.05, 4.69) is 10.2 Å². The number of nitrogens with two attached hydrogens (primary N) is 1. The number of carbonyl (C=O) groups excluding carboxylic acids is 1. The van der Waals surface area contributed by atoms with Gasteiger partial charge in [-0.3, -0.25) is 9.69 Å². The van der Waals surface area contributed by atoms with Crippen molar-refractivity contribution in [2.45, 2.75) is 51.0 Å². The number of hydrogen-bond donors (Lipinski definition) is 2. The first-order valence-corrected chi connectivity index (χ1v) is 7.49. The molecule has 1 aliphatic carbocycles. The Bertz CT molecular complexity index is 258. The number of carbonyl (C=O) groups is 1. The van der Waals surface area contributed by atoms with E-state index in [1.165, 1.54) is 44.9 Å². The molecule has 4 nitrogen and oxygen atoms in total. The molecule has 2 fully saturated rings. The zero-order valence-corrected chi connectivity index (χ0v) is 11.4. The van der Waals surface area contributed by atoms with Crippen LogP contribution < -0.4 is 11.1 Å². The summed E-state index contributed by atoms with van der Waals surface area (Å²) in [6, 6.07) is 0.610. The van der Waals surface area contributed by atoms with Crippen molar-refractivity contribution in [1.82, 2.24) is 10.2 Å². The highest BCUT2D eigenvalue weighted by Crippen LogP contribution is 2.25. The van der Waals surface area contributed by atoms with Crippen LogP contribution in [0.25, 0.3) is 0 Å². The lowest BCUT2D eigenvalue weighted by Crippen LogP contribution is -2.41. The summed E-state index contributed by atoms with van der Waals surface area (Å²) in [5, 5.41) is 3.40. The molecule has 0 spiro atoms. The van der Waals surface area contributed by atoms with Gasteiger partial charge in [-0.1, -0.05) is 12.8 Å². The summed E-state index contributed by atoms with van der Waals surface area (Å²) in [6.45, 7) is 3.82. The van der Waals surface area contributed by atoms with Gasteiger partial charge in [0.15, 0.2) is 0 Å².